The van der Waals surface area contributed by atoms with E-state index in [1.165, 1.54) is 0 Å². The maximum Gasteiger partial charge on any atom is 0.226 e. The Balaban J connectivity index is 1.83. The van der Waals surface area contributed by atoms with Crippen molar-refractivity contribution in [3.05, 3.63) is 47.6 Å². The van der Waals surface area contributed by atoms with Gasteiger partial charge in [0.2, 0.25) is 11.9 Å². The molecule has 1 aliphatic rings. The fourth-order valence-electron chi connectivity index (χ4n) is 3.66. The summed E-state index contributed by atoms with van der Waals surface area (Å²) in [5.74, 6) is 0.697. The summed E-state index contributed by atoms with van der Waals surface area (Å²) in [5.41, 5.74) is 7.47. The van der Waals surface area contributed by atoms with Gasteiger partial charge in [-0.05, 0) is 25.1 Å². The standard InChI is InChI=1S/C20H17N5OS/c1-12-5-3-7-15(22-12)17-18(14-6-4-8-16-19(14)27-11-21-16)25-10-9-24(13(2)26)20(25)23-17/h3-8,11H,9-10H2,1-2H3. The molecule has 27 heavy (non-hydrogen) atoms. The van der Waals surface area contributed by atoms with Crippen LogP contribution in [0.3, 0.4) is 0 Å². The number of pyridine rings is 1. The largest absolute Gasteiger partial charge is 0.307 e. The van der Waals surface area contributed by atoms with Gasteiger partial charge in [-0.25, -0.2) is 9.97 Å². The highest BCUT2D eigenvalue weighted by molar-refractivity contribution is 7.17. The summed E-state index contributed by atoms with van der Waals surface area (Å²) in [5, 5.41) is 0. The molecule has 0 bridgehead atoms. The van der Waals surface area contributed by atoms with Gasteiger partial charge < -0.3 is 4.57 Å². The summed E-state index contributed by atoms with van der Waals surface area (Å²) in [7, 11) is 0. The molecule has 0 unspecified atom stereocenters. The first-order valence-electron chi connectivity index (χ1n) is 8.79. The predicted octanol–water partition coefficient (Wildman–Crippen LogP) is 3.90. The number of benzene rings is 1. The number of aromatic nitrogens is 4. The van der Waals surface area contributed by atoms with Gasteiger partial charge in [0, 0.05) is 31.3 Å². The molecule has 0 saturated heterocycles. The van der Waals surface area contributed by atoms with Crippen LogP contribution in [0.4, 0.5) is 5.95 Å². The van der Waals surface area contributed by atoms with Crippen LogP contribution in [-0.4, -0.2) is 32.0 Å². The average molecular weight is 375 g/mol. The number of rotatable bonds is 2. The Morgan fingerprint density at radius 2 is 1.96 bits per heavy atom. The van der Waals surface area contributed by atoms with Crippen LogP contribution in [0.1, 0.15) is 12.6 Å². The molecule has 0 saturated carbocycles. The quantitative estimate of drug-likeness (QED) is 0.533. The third-order valence-corrected chi connectivity index (χ3v) is 5.73. The van der Waals surface area contributed by atoms with Crippen LogP contribution in [0.25, 0.3) is 32.9 Å². The van der Waals surface area contributed by atoms with Crippen molar-refractivity contribution < 1.29 is 4.79 Å². The molecule has 0 atom stereocenters. The number of amides is 1. The molecular weight excluding hydrogens is 358 g/mol. The third kappa shape index (κ3) is 2.46. The minimum Gasteiger partial charge on any atom is -0.307 e. The smallest absolute Gasteiger partial charge is 0.226 e. The number of anilines is 1. The van der Waals surface area contributed by atoms with Crippen molar-refractivity contribution in [2.45, 2.75) is 20.4 Å². The average Bonchev–Trinajstić information content (AvgIpc) is 3.35. The number of hydrogen-bond acceptors (Lipinski definition) is 5. The van der Waals surface area contributed by atoms with E-state index in [1.807, 2.05) is 42.8 Å². The molecule has 3 aromatic heterocycles. The molecule has 0 radical (unpaired) electrons. The Hall–Kier alpha value is -3.06. The second-order valence-electron chi connectivity index (χ2n) is 6.60. The number of imidazole rings is 1. The van der Waals surface area contributed by atoms with Gasteiger partial charge in [-0.1, -0.05) is 18.2 Å². The lowest BCUT2D eigenvalue weighted by molar-refractivity contribution is -0.116. The number of thiazole rings is 1. The minimum atomic E-state index is 0.00468. The first-order chi connectivity index (χ1) is 13.1. The van der Waals surface area contributed by atoms with E-state index >= 15 is 0 Å². The van der Waals surface area contributed by atoms with E-state index in [2.05, 4.69) is 20.6 Å². The van der Waals surface area contributed by atoms with Gasteiger partial charge in [0.1, 0.15) is 5.69 Å². The van der Waals surface area contributed by atoms with E-state index in [4.69, 9.17) is 4.98 Å². The normalized spacial score (nSPS) is 13.3. The molecule has 1 amide bonds. The molecular formula is C20H17N5OS. The summed E-state index contributed by atoms with van der Waals surface area (Å²) in [6, 6.07) is 12.1. The lowest BCUT2D eigenvalue weighted by atomic mass is 10.1. The van der Waals surface area contributed by atoms with Gasteiger partial charge in [0.15, 0.2) is 0 Å². The van der Waals surface area contributed by atoms with Crippen molar-refractivity contribution in [3.8, 4) is 22.6 Å². The number of nitrogens with zero attached hydrogens (tertiary/aromatic N) is 5. The Kier molecular flexibility index (Phi) is 3.58. The van der Waals surface area contributed by atoms with E-state index in [9.17, 15) is 4.79 Å². The Bertz CT molecular complexity index is 1190. The zero-order chi connectivity index (χ0) is 18.5. The van der Waals surface area contributed by atoms with Crippen molar-refractivity contribution in [3.63, 3.8) is 0 Å². The van der Waals surface area contributed by atoms with Crippen molar-refractivity contribution >= 4 is 33.4 Å². The highest BCUT2D eigenvalue weighted by atomic mass is 32.1. The molecule has 0 N–H and O–H groups in total. The molecule has 1 aliphatic heterocycles. The van der Waals surface area contributed by atoms with Gasteiger partial charge in [0.05, 0.1) is 27.1 Å². The molecule has 0 fully saturated rings. The third-order valence-electron chi connectivity index (χ3n) is 4.86. The molecule has 134 valence electrons. The predicted molar refractivity (Wildman–Crippen MR) is 107 cm³/mol. The van der Waals surface area contributed by atoms with E-state index < -0.39 is 0 Å². The maximum atomic E-state index is 12.1. The zero-order valence-electron chi connectivity index (χ0n) is 15.0. The minimum absolute atomic E-state index is 0.00468. The molecule has 6 nitrogen and oxygen atoms in total. The lowest BCUT2D eigenvalue weighted by Crippen LogP contribution is -2.26. The first-order valence-corrected chi connectivity index (χ1v) is 9.66. The van der Waals surface area contributed by atoms with Crippen LogP contribution in [0.2, 0.25) is 0 Å². The van der Waals surface area contributed by atoms with Crippen molar-refractivity contribution in [1.82, 2.24) is 19.5 Å². The molecule has 0 spiro atoms. The summed E-state index contributed by atoms with van der Waals surface area (Å²) >= 11 is 1.62. The number of fused-ring (bicyclic) bond motifs is 2. The molecule has 5 rings (SSSR count). The number of carbonyl (C=O) groups is 1. The summed E-state index contributed by atoms with van der Waals surface area (Å²) in [6.07, 6.45) is 0. The first kappa shape index (κ1) is 16.1. The number of carbonyl (C=O) groups excluding carboxylic acids is 1. The highest BCUT2D eigenvalue weighted by Gasteiger charge is 2.31. The zero-order valence-corrected chi connectivity index (χ0v) is 15.8. The van der Waals surface area contributed by atoms with E-state index in [0.717, 1.165) is 45.1 Å². The van der Waals surface area contributed by atoms with Crippen LogP contribution in [0.15, 0.2) is 41.9 Å². The van der Waals surface area contributed by atoms with Crippen LogP contribution in [0.5, 0.6) is 0 Å². The second-order valence-corrected chi connectivity index (χ2v) is 7.46. The molecule has 7 heteroatoms. The van der Waals surface area contributed by atoms with Crippen molar-refractivity contribution in [1.29, 1.82) is 0 Å². The van der Waals surface area contributed by atoms with E-state index in [-0.39, 0.29) is 5.91 Å². The van der Waals surface area contributed by atoms with Crippen molar-refractivity contribution in [2.75, 3.05) is 11.4 Å². The lowest BCUT2D eigenvalue weighted by Gasteiger charge is -2.09. The van der Waals surface area contributed by atoms with Gasteiger partial charge in [-0.15, -0.1) is 11.3 Å². The maximum absolute atomic E-state index is 12.1. The molecule has 1 aromatic carbocycles. The topological polar surface area (TPSA) is 63.9 Å². The Morgan fingerprint density at radius 1 is 1.11 bits per heavy atom. The van der Waals surface area contributed by atoms with E-state index in [1.54, 1.807) is 23.2 Å². The fourth-order valence-corrected chi connectivity index (χ4v) is 4.46. The van der Waals surface area contributed by atoms with Gasteiger partial charge in [0.25, 0.3) is 0 Å². The van der Waals surface area contributed by atoms with Crippen molar-refractivity contribution in [2.24, 2.45) is 0 Å². The molecule has 0 aliphatic carbocycles. The number of hydrogen-bond donors (Lipinski definition) is 0. The van der Waals surface area contributed by atoms with Gasteiger partial charge in [-0.2, -0.15) is 0 Å². The van der Waals surface area contributed by atoms with Crippen LogP contribution in [0, 0.1) is 6.92 Å². The van der Waals surface area contributed by atoms with Crippen LogP contribution >= 0.6 is 11.3 Å². The Morgan fingerprint density at radius 3 is 2.78 bits per heavy atom. The Labute approximate surface area is 160 Å². The number of aryl methyl sites for hydroxylation is 1. The SMILES string of the molecule is CC(=O)N1CCn2c1nc(-c1cccc(C)n1)c2-c1cccc2ncsc12. The van der Waals surface area contributed by atoms with Crippen LogP contribution < -0.4 is 4.90 Å². The molecule has 4 heterocycles. The fraction of sp³-hybridized carbons (Fsp3) is 0.200. The van der Waals surface area contributed by atoms with Gasteiger partial charge >= 0.3 is 0 Å². The highest BCUT2D eigenvalue weighted by Crippen LogP contribution is 2.41. The summed E-state index contributed by atoms with van der Waals surface area (Å²) in [4.78, 5) is 27.8. The summed E-state index contributed by atoms with van der Waals surface area (Å²) in [6.45, 7) is 4.92. The summed E-state index contributed by atoms with van der Waals surface area (Å²) < 4.78 is 3.25. The van der Waals surface area contributed by atoms with E-state index in [0.29, 0.717) is 12.5 Å². The van der Waals surface area contributed by atoms with Gasteiger partial charge in [-0.3, -0.25) is 14.7 Å². The monoisotopic (exact) mass is 375 g/mol. The molecule has 4 aromatic rings. The van der Waals surface area contributed by atoms with Crippen LogP contribution in [-0.2, 0) is 11.3 Å². The second kappa shape index (κ2) is 5.99.